The first-order valence-corrected chi connectivity index (χ1v) is 10.0. The number of furan rings is 1. The first-order chi connectivity index (χ1) is 15.3. The molecule has 0 saturated carbocycles. The number of carbonyl (C=O) groups is 3. The number of amides is 2. The van der Waals surface area contributed by atoms with Crippen LogP contribution in [0.25, 0.3) is 17.4 Å². The van der Waals surface area contributed by atoms with E-state index in [9.17, 15) is 24.8 Å². The van der Waals surface area contributed by atoms with Crippen LogP contribution in [0.15, 0.2) is 57.5 Å². The van der Waals surface area contributed by atoms with Crippen molar-refractivity contribution in [1.82, 2.24) is 4.90 Å². The van der Waals surface area contributed by atoms with Gasteiger partial charge in [-0.15, -0.1) is 0 Å². The van der Waals surface area contributed by atoms with E-state index in [1.807, 2.05) is 6.07 Å². The van der Waals surface area contributed by atoms with Crippen LogP contribution in [0.2, 0.25) is 0 Å². The van der Waals surface area contributed by atoms with Crippen LogP contribution in [0.5, 0.6) is 0 Å². The van der Waals surface area contributed by atoms with Crippen LogP contribution in [-0.2, 0) is 14.3 Å². The standard InChI is InChI=1S/C24H22N2O6/c1-4-31-24(30)17-7-5-6-16(10-17)21-9-8-18(32-21)11-19-15(3)20(12-25)23(29)26(22(19)28)13-14(2)27/h5-11,14,27H,4,13H2,1-3H3/b19-11+. The Morgan fingerprint density at radius 2 is 2.03 bits per heavy atom. The second kappa shape index (κ2) is 9.45. The Labute approximate surface area is 185 Å². The molecule has 0 saturated heterocycles. The zero-order chi connectivity index (χ0) is 23.4. The third-order valence-electron chi connectivity index (χ3n) is 4.84. The number of esters is 1. The van der Waals surface area contributed by atoms with Crippen molar-refractivity contribution in [3.63, 3.8) is 0 Å². The monoisotopic (exact) mass is 434 g/mol. The highest BCUT2D eigenvalue weighted by molar-refractivity contribution is 6.19. The van der Waals surface area contributed by atoms with Crippen molar-refractivity contribution in [3.8, 4) is 17.4 Å². The van der Waals surface area contributed by atoms with Gasteiger partial charge in [-0.2, -0.15) is 5.26 Å². The Balaban J connectivity index is 1.98. The van der Waals surface area contributed by atoms with Gasteiger partial charge in [0.1, 0.15) is 23.2 Å². The fourth-order valence-corrected chi connectivity index (χ4v) is 3.30. The molecule has 0 fully saturated rings. The number of rotatable bonds is 6. The van der Waals surface area contributed by atoms with E-state index in [1.165, 1.54) is 19.9 Å². The lowest BCUT2D eigenvalue weighted by Gasteiger charge is -2.28. The normalized spacial score (nSPS) is 16.3. The lowest BCUT2D eigenvalue weighted by atomic mass is 9.94. The Morgan fingerprint density at radius 3 is 2.69 bits per heavy atom. The number of carbonyl (C=O) groups excluding carboxylic acids is 3. The first-order valence-electron chi connectivity index (χ1n) is 10.0. The second-order valence-electron chi connectivity index (χ2n) is 7.24. The summed E-state index contributed by atoms with van der Waals surface area (Å²) in [6, 6.07) is 11.9. The third kappa shape index (κ3) is 4.53. The first kappa shape index (κ1) is 22.7. The predicted molar refractivity (Wildman–Crippen MR) is 115 cm³/mol. The molecule has 3 rings (SSSR count). The molecule has 0 spiro atoms. The van der Waals surface area contributed by atoms with Gasteiger partial charge in [0.15, 0.2) is 0 Å². The summed E-state index contributed by atoms with van der Waals surface area (Å²) in [6.45, 7) is 4.74. The van der Waals surface area contributed by atoms with Gasteiger partial charge in [-0.25, -0.2) is 4.79 Å². The van der Waals surface area contributed by atoms with E-state index < -0.39 is 23.9 Å². The van der Waals surface area contributed by atoms with E-state index in [2.05, 4.69) is 0 Å². The molecule has 8 nitrogen and oxygen atoms in total. The van der Waals surface area contributed by atoms with Crippen LogP contribution in [0.1, 0.15) is 36.9 Å². The average Bonchev–Trinajstić information content (AvgIpc) is 3.23. The number of nitrogens with zero attached hydrogens (tertiary/aromatic N) is 2. The summed E-state index contributed by atoms with van der Waals surface area (Å²) in [6.07, 6.45) is 0.513. The minimum atomic E-state index is -0.940. The van der Waals surface area contributed by atoms with E-state index in [4.69, 9.17) is 9.15 Å². The topological polar surface area (TPSA) is 121 Å². The van der Waals surface area contributed by atoms with Crippen molar-refractivity contribution in [2.45, 2.75) is 26.9 Å². The van der Waals surface area contributed by atoms with Gasteiger partial charge in [-0.3, -0.25) is 14.5 Å². The molecule has 1 N–H and O–H groups in total. The SMILES string of the molecule is CCOC(=O)c1cccc(-c2ccc(/C=C3/C(=O)N(CC(C)O)C(=O)C(C#N)=C3C)o2)c1. The van der Waals surface area contributed by atoms with Crippen molar-refractivity contribution >= 4 is 23.9 Å². The van der Waals surface area contributed by atoms with Crippen molar-refractivity contribution in [3.05, 3.63) is 64.4 Å². The average molecular weight is 434 g/mol. The molecule has 1 aromatic carbocycles. The molecule has 1 aliphatic rings. The molecule has 1 aliphatic heterocycles. The van der Waals surface area contributed by atoms with Crippen molar-refractivity contribution in [2.24, 2.45) is 0 Å². The van der Waals surface area contributed by atoms with E-state index in [0.717, 1.165) is 4.90 Å². The number of nitriles is 1. The minimum absolute atomic E-state index is 0.128. The number of aliphatic hydroxyl groups is 1. The Hall–Kier alpha value is -3.96. The molecule has 2 aromatic rings. The molecule has 1 unspecified atom stereocenters. The zero-order valence-electron chi connectivity index (χ0n) is 17.9. The minimum Gasteiger partial charge on any atom is -0.462 e. The molecule has 2 amide bonds. The fraction of sp³-hybridized carbons (Fsp3) is 0.250. The molecule has 1 atom stereocenters. The molecule has 32 heavy (non-hydrogen) atoms. The van der Waals surface area contributed by atoms with Gasteiger partial charge in [0.05, 0.1) is 24.8 Å². The molecule has 0 aliphatic carbocycles. The van der Waals surface area contributed by atoms with Gasteiger partial charge >= 0.3 is 5.97 Å². The summed E-state index contributed by atoms with van der Waals surface area (Å²) in [7, 11) is 0. The van der Waals surface area contributed by atoms with Crippen LogP contribution < -0.4 is 0 Å². The molecule has 164 valence electrons. The fourth-order valence-electron chi connectivity index (χ4n) is 3.30. The lowest BCUT2D eigenvalue weighted by Crippen LogP contribution is -2.45. The highest BCUT2D eigenvalue weighted by atomic mass is 16.5. The van der Waals surface area contributed by atoms with Crippen molar-refractivity contribution in [2.75, 3.05) is 13.2 Å². The van der Waals surface area contributed by atoms with Crippen molar-refractivity contribution in [1.29, 1.82) is 5.26 Å². The molecular formula is C24H22N2O6. The second-order valence-corrected chi connectivity index (χ2v) is 7.24. The number of aliphatic hydroxyl groups excluding tert-OH is 1. The highest BCUT2D eigenvalue weighted by Gasteiger charge is 2.36. The maximum absolute atomic E-state index is 12.9. The zero-order valence-corrected chi connectivity index (χ0v) is 17.9. The van der Waals surface area contributed by atoms with Crippen LogP contribution in [0.3, 0.4) is 0 Å². The summed E-state index contributed by atoms with van der Waals surface area (Å²) < 4.78 is 10.9. The largest absolute Gasteiger partial charge is 0.462 e. The Morgan fingerprint density at radius 1 is 1.28 bits per heavy atom. The van der Waals surface area contributed by atoms with Crippen molar-refractivity contribution < 1.29 is 28.6 Å². The molecular weight excluding hydrogens is 412 g/mol. The number of hydrogen-bond donors (Lipinski definition) is 1. The number of β-amino-alcohol motifs (C(OH)–C–C–N with tert-alkyl or cyclic N) is 1. The highest BCUT2D eigenvalue weighted by Crippen LogP contribution is 2.29. The molecule has 0 bridgehead atoms. The summed E-state index contributed by atoms with van der Waals surface area (Å²) in [5.74, 6) is -1.000. The quantitative estimate of drug-likeness (QED) is 0.421. The van der Waals surface area contributed by atoms with Gasteiger partial charge in [-0.05, 0) is 56.7 Å². The maximum Gasteiger partial charge on any atom is 0.338 e. The van der Waals surface area contributed by atoms with Crippen LogP contribution in [0, 0.1) is 11.3 Å². The molecule has 0 radical (unpaired) electrons. The predicted octanol–water partition coefficient (Wildman–Crippen LogP) is 3.10. The van der Waals surface area contributed by atoms with E-state index in [1.54, 1.807) is 43.3 Å². The van der Waals surface area contributed by atoms with Crippen LogP contribution in [-0.4, -0.2) is 47.0 Å². The molecule has 2 heterocycles. The number of imide groups is 1. The summed E-state index contributed by atoms with van der Waals surface area (Å²) in [5.41, 5.74) is 1.24. The van der Waals surface area contributed by atoms with Crippen LogP contribution in [0.4, 0.5) is 0 Å². The van der Waals surface area contributed by atoms with Gasteiger partial charge < -0.3 is 14.3 Å². The van der Waals surface area contributed by atoms with Gasteiger partial charge in [-0.1, -0.05) is 12.1 Å². The Bertz CT molecular complexity index is 1180. The Kier molecular flexibility index (Phi) is 6.71. The van der Waals surface area contributed by atoms with E-state index >= 15 is 0 Å². The molecule has 1 aromatic heterocycles. The summed E-state index contributed by atoms with van der Waals surface area (Å²) >= 11 is 0. The third-order valence-corrected chi connectivity index (χ3v) is 4.84. The maximum atomic E-state index is 12.9. The summed E-state index contributed by atoms with van der Waals surface area (Å²) in [4.78, 5) is 38.2. The number of hydrogen-bond acceptors (Lipinski definition) is 7. The van der Waals surface area contributed by atoms with E-state index in [-0.39, 0.29) is 29.9 Å². The van der Waals surface area contributed by atoms with Crippen LogP contribution >= 0.6 is 0 Å². The smallest absolute Gasteiger partial charge is 0.338 e. The van der Waals surface area contributed by atoms with E-state index in [0.29, 0.717) is 22.6 Å². The van der Waals surface area contributed by atoms with Gasteiger partial charge in [0.2, 0.25) is 0 Å². The molecule has 8 heteroatoms. The van der Waals surface area contributed by atoms with Gasteiger partial charge in [0, 0.05) is 11.1 Å². The van der Waals surface area contributed by atoms with Gasteiger partial charge in [0.25, 0.3) is 11.8 Å². The lowest BCUT2D eigenvalue weighted by molar-refractivity contribution is -0.141. The number of benzene rings is 1. The summed E-state index contributed by atoms with van der Waals surface area (Å²) in [5, 5.41) is 19.0. The number of ether oxygens (including phenoxy) is 1.